The Morgan fingerprint density at radius 1 is 0.303 bits per heavy atom. The minimum atomic E-state index is -0.0559. The SMILES string of the molecule is CC(C)(C)c1ccc(-c2cc(C(C)(C)C)ccc2N(c2ccc(-c3ccccc3-c3cc(C(C)(C)C)cc(C(C)(C)C)c3)cc2)c2ccc3ccc4c(-n5c6ccccc6c6ccccc65)ccc5ccc2c3c54)cc1. The second-order valence-electron chi connectivity index (χ2n) is 25.5. The molecule has 0 bridgehead atoms. The van der Waals surface area contributed by atoms with Gasteiger partial charge in [-0.1, -0.05) is 241 Å². The van der Waals surface area contributed by atoms with Crippen LogP contribution in [0.15, 0.2) is 206 Å². The summed E-state index contributed by atoms with van der Waals surface area (Å²) in [4.78, 5) is 2.54. The topological polar surface area (TPSA) is 8.17 Å². The van der Waals surface area contributed by atoms with Gasteiger partial charge in [-0.05, 0) is 142 Å². The summed E-state index contributed by atoms with van der Waals surface area (Å²) < 4.78 is 2.47. The van der Waals surface area contributed by atoms with E-state index in [0.29, 0.717) is 0 Å². The number of nitrogens with zero attached hydrogens (tertiary/aromatic N) is 2. The molecule has 2 heteroatoms. The lowest BCUT2D eigenvalue weighted by molar-refractivity contribution is 0.569. The van der Waals surface area contributed by atoms with Gasteiger partial charge in [-0.2, -0.15) is 0 Å². The van der Waals surface area contributed by atoms with Gasteiger partial charge in [-0.25, -0.2) is 0 Å². The summed E-state index contributed by atoms with van der Waals surface area (Å²) in [5.41, 5.74) is 19.6. The number of aromatic nitrogens is 1. The van der Waals surface area contributed by atoms with E-state index in [9.17, 15) is 0 Å². The minimum absolute atomic E-state index is 0.00834. The first-order chi connectivity index (χ1) is 36.2. The van der Waals surface area contributed by atoms with Crippen LogP contribution in [-0.2, 0) is 21.7 Å². The summed E-state index contributed by atoms with van der Waals surface area (Å²) in [5, 5.41) is 10.0. The van der Waals surface area contributed by atoms with Crippen LogP contribution in [-0.4, -0.2) is 4.57 Å². The van der Waals surface area contributed by atoms with Crippen LogP contribution in [0.25, 0.3) is 93.2 Å². The average Bonchev–Trinajstić information content (AvgIpc) is 3.77. The van der Waals surface area contributed by atoms with Gasteiger partial charge in [0.25, 0.3) is 0 Å². The fraction of sp³-hybridized carbons (Fsp3) is 0.216. The summed E-state index contributed by atoms with van der Waals surface area (Å²) in [5.74, 6) is 0. The Hall–Kier alpha value is -7.94. The highest BCUT2D eigenvalue weighted by molar-refractivity contribution is 6.27. The summed E-state index contributed by atoms with van der Waals surface area (Å²) in [7, 11) is 0. The zero-order valence-corrected chi connectivity index (χ0v) is 46.5. The number of para-hydroxylation sites is 2. The number of benzene rings is 11. The lowest BCUT2D eigenvalue weighted by Crippen LogP contribution is -2.16. The summed E-state index contributed by atoms with van der Waals surface area (Å²) >= 11 is 0. The zero-order valence-electron chi connectivity index (χ0n) is 46.5. The lowest BCUT2D eigenvalue weighted by atomic mass is 9.78. The predicted molar refractivity (Wildman–Crippen MR) is 330 cm³/mol. The van der Waals surface area contributed by atoms with Crippen molar-refractivity contribution in [2.45, 2.75) is 105 Å². The van der Waals surface area contributed by atoms with Gasteiger partial charge in [0.2, 0.25) is 0 Å². The lowest BCUT2D eigenvalue weighted by Gasteiger charge is -2.31. The molecule has 12 aromatic rings. The van der Waals surface area contributed by atoms with Crippen molar-refractivity contribution in [3.8, 4) is 39.1 Å². The van der Waals surface area contributed by atoms with Crippen molar-refractivity contribution in [2.75, 3.05) is 4.90 Å². The van der Waals surface area contributed by atoms with E-state index in [1.165, 1.54) is 115 Å². The van der Waals surface area contributed by atoms with Crippen molar-refractivity contribution >= 4 is 71.2 Å². The fourth-order valence-electron chi connectivity index (χ4n) is 11.8. The van der Waals surface area contributed by atoms with Crippen LogP contribution in [0.3, 0.4) is 0 Å². The van der Waals surface area contributed by atoms with E-state index >= 15 is 0 Å². The van der Waals surface area contributed by atoms with Crippen LogP contribution < -0.4 is 4.90 Å². The van der Waals surface area contributed by atoms with E-state index < -0.39 is 0 Å². The number of hydrogen-bond acceptors (Lipinski definition) is 1. The van der Waals surface area contributed by atoms with Gasteiger partial charge in [0.15, 0.2) is 0 Å². The highest BCUT2D eigenvalue weighted by Crippen LogP contribution is 2.49. The van der Waals surface area contributed by atoms with Crippen LogP contribution in [0.4, 0.5) is 17.1 Å². The molecule has 0 fully saturated rings. The van der Waals surface area contributed by atoms with Crippen LogP contribution in [0.5, 0.6) is 0 Å². The van der Waals surface area contributed by atoms with Gasteiger partial charge in [-0.15, -0.1) is 0 Å². The predicted octanol–water partition coefficient (Wildman–Crippen LogP) is 21.3. The Kier molecular flexibility index (Phi) is 11.5. The highest BCUT2D eigenvalue weighted by atomic mass is 15.1. The molecule has 0 saturated carbocycles. The molecule has 0 radical (unpaired) electrons. The van der Waals surface area contributed by atoms with E-state index in [1.54, 1.807) is 0 Å². The molecule has 0 amide bonds. The first-order valence-electron chi connectivity index (χ1n) is 27.3. The number of fused-ring (bicyclic) bond motifs is 3. The van der Waals surface area contributed by atoms with E-state index in [2.05, 4.69) is 299 Å². The Labute approximate surface area is 450 Å². The number of anilines is 3. The third kappa shape index (κ3) is 8.44. The van der Waals surface area contributed by atoms with Gasteiger partial charge in [-0.3, -0.25) is 0 Å². The molecule has 0 saturated heterocycles. The molecule has 0 aliphatic rings. The quantitative estimate of drug-likeness (QED) is 0.145. The Bertz CT molecular complexity index is 4090. The van der Waals surface area contributed by atoms with Crippen LogP contribution in [0, 0.1) is 0 Å². The van der Waals surface area contributed by atoms with Crippen molar-refractivity contribution in [3.05, 3.63) is 229 Å². The van der Waals surface area contributed by atoms with E-state index in [1.807, 2.05) is 0 Å². The maximum Gasteiger partial charge on any atom is 0.0541 e. The van der Waals surface area contributed by atoms with Gasteiger partial charge in [0.1, 0.15) is 0 Å². The molecule has 0 atom stereocenters. The van der Waals surface area contributed by atoms with Gasteiger partial charge in [0.05, 0.1) is 28.1 Å². The van der Waals surface area contributed by atoms with E-state index in [-0.39, 0.29) is 21.7 Å². The number of rotatable bonds is 7. The van der Waals surface area contributed by atoms with E-state index in [4.69, 9.17) is 0 Å². The molecule has 2 nitrogen and oxygen atoms in total. The standard InChI is InChI=1S/C74H70N2/c1-71(2,3)52-33-25-48(26-34-52)63-46-53(72(4,5)6)35-42-68(63)75(56-36-27-47(28-37-56)57-19-13-14-20-58(57)51-43-54(73(7,8)9)45-55(44-51)74(10,11)12)66-40-31-49-30-39-62-67(41-32-50-29-38-61(66)69(49)70(50)62)76-64-23-17-15-21-59(64)60-22-16-18-24-65(60)76/h13-46H,1-12H3. The summed E-state index contributed by atoms with van der Waals surface area (Å²) in [6, 6.07) is 78.5. The summed E-state index contributed by atoms with van der Waals surface area (Å²) in [6.07, 6.45) is 0. The molecule has 0 unspecified atom stereocenters. The van der Waals surface area contributed by atoms with Crippen molar-refractivity contribution < 1.29 is 0 Å². The van der Waals surface area contributed by atoms with Crippen LogP contribution in [0.2, 0.25) is 0 Å². The molecule has 1 aromatic heterocycles. The van der Waals surface area contributed by atoms with Crippen molar-refractivity contribution in [1.82, 2.24) is 4.57 Å². The molecule has 11 aromatic carbocycles. The second-order valence-corrected chi connectivity index (χ2v) is 25.5. The third-order valence-electron chi connectivity index (χ3n) is 16.2. The molecule has 0 spiro atoms. The first-order valence-corrected chi connectivity index (χ1v) is 27.3. The Morgan fingerprint density at radius 2 is 0.750 bits per heavy atom. The molecule has 12 rings (SSSR count). The van der Waals surface area contributed by atoms with Gasteiger partial charge >= 0.3 is 0 Å². The Balaban J connectivity index is 1.09. The third-order valence-corrected chi connectivity index (χ3v) is 16.2. The molecule has 76 heavy (non-hydrogen) atoms. The maximum atomic E-state index is 2.54. The molecule has 0 aliphatic heterocycles. The largest absolute Gasteiger partial charge is 0.309 e. The van der Waals surface area contributed by atoms with Crippen molar-refractivity contribution in [3.63, 3.8) is 0 Å². The van der Waals surface area contributed by atoms with E-state index in [0.717, 1.165) is 17.1 Å². The highest BCUT2D eigenvalue weighted by Gasteiger charge is 2.27. The van der Waals surface area contributed by atoms with Crippen molar-refractivity contribution in [2.24, 2.45) is 0 Å². The zero-order chi connectivity index (χ0) is 53.1. The molecular formula is C74H70N2. The fourth-order valence-corrected chi connectivity index (χ4v) is 11.8. The molecular weight excluding hydrogens is 917 g/mol. The van der Waals surface area contributed by atoms with Gasteiger partial charge < -0.3 is 9.47 Å². The summed E-state index contributed by atoms with van der Waals surface area (Å²) in [6.45, 7) is 27.8. The first kappa shape index (κ1) is 49.0. The normalized spacial score (nSPS) is 12.7. The smallest absolute Gasteiger partial charge is 0.0541 e. The van der Waals surface area contributed by atoms with Crippen molar-refractivity contribution in [1.29, 1.82) is 0 Å². The Morgan fingerprint density at radius 3 is 1.33 bits per heavy atom. The molecule has 0 N–H and O–H groups in total. The maximum absolute atomic E-state index is 2.54. The van der Waals surface area contributed by atoms with Gasteiger partial charge in [0, 0.05) is 32.8 Å². The number of hydrogen-bond donors (Lipinski definition) is 0. The van der Waals surface area contributed by atoms with Crippen LogP contribution in [0.1, 0.15) is 105 Å². The van der Waals surface area contributed by atoms with Crippen LogP contribution >= 0.6 is 0 Å². The molecule has 1 heterocycles. The minimum Gasteiger partial charge on any atom is -0.309 e. The second kappa shape index (κ2) is 17.8. The monoisotopic (exact) mass is 987 g/mol. The molecule has 0 aliphatic carbocycles. The average molecular weight is 987 g/mol. The molecule has 376 valence electrons.